The first-order valence-corrected chi connectivity index (χ1v) is 7.51. The third kappa shape index (κ3) is 2.53. The molecule has 1 heterocycles. The van der Waals surface area contributed by atoms with E-state index in [2.05, 4.69) is 0 Å². The summed E-state index contributed by atoms with van der Waals surface area (Å²) < 4.78 is 27.2. The molecule has 7 heteroatoms. The molecule has 0 radical (unpaired) electrons. The Bertz CT molecular complexity index is 352. The van der Waals surface area contributed by atoms with Crippen LogP contribution in [0.2, 0.25) is 0 Å². The number of carbonyl (C=O) groups is 1. The summed E-state index contributed by atoms with van der Waals surface area (Å²) in [5.74, 6) is -0.683. The highest BCUT2D eigenvalue weighted by Crippen LogP contribution is 2.60. The molecule has 92 valence electrons. The lowest BCUT2D eigenvalue weighted by atomic mass is 10.6. The van der Waals surface area contributed by atoms with Crippen molar-refractivity contribution in [3.8, 4) is 0 Å². The van der Waals surface area contributed by atoms with Gasteiger partial charge in [0.15, 0.2) is 12.5 Å². The quantitative estimate of drug-likeness (QED) is 0.435. The van der Waals surface area contributed by atoms with Crippen molar-refractivity contribution in [1.82, 2.24) is 0 Å². The lowest BCUT2D eigenvalue weighted by molar-refractivity contribution is -0.138. The van der Waals surface area contributed by atoms with Gasteiger partial charge in [0.2, 0.25) is 0 Å². The number of hydrogen-bond donors (Lipinski definition) is 0. The van der Waals surface area contributed by atoms with Gasteiger partial charge in [-0.15, -0.1) is 11.6 Å². The smallest absolute Gasteiger partial charge is 0.349 e. The van der Waals surface area contributed by atoms with Crippen LogP contribution in [0.4, 0.5) is 0 Å². The standard InChI is InChI=1S/C9H14ClO5P/c1-3-13-8(11)7-9(14-4-2)15-6-16(7,12)5-10/h3-6H2,1-2H3. The fraction of sp³-hybridized carbons (Fsp3) is 0.667. The Morgan fingerprint density at radius 1 is 1.50 bits per heavy atom. The Balaban J connectivity index is 3.04. The van der Waals surface area contributed by atoms with Gasteiger partial charge in [0.05, 0.1) is 18.8 Å². The molecule has 1 atom stereocenters. The van der Waals surface area contributed by atoms with Gasteiger partial charge in [-0.1, -0.05) is 0 Å². The highest BCUT2D eigenvalue weighted by atomic mass is 35.5. The zero-order valence-corrected chi connectivity index (χ0v) is 10.8. The first kappa shape index (κ1) is 13.4. The first-order chi connectivity index (χ1) is 7.59. The van der Waals surface area contributed by atoms with E-state index in [1.54, 1.807) is 13.8 Å². The molecule has 5 nitrogen and oxygen atoms in total. The van der Waals surface area contributed by atoms with Gasteiger partial charge >= 0.3 is 5.97 Å². The molecular weight excluding hydrogens is 255 g/mol. The van der Waals surface area contributed by atoms with E-state index < -0.39 is 13.1 Å². The van der Waals surface area contributed by atoms with Gasteiger partial charge in [0.1, 0.15) is 6.35 Å². The third-order valence-corrected chi connectivity index (χ3v) is 5.21. The summed E-state index contributed by atoms with van der Waals surface area (Å²) in [7, 11) is -3.01. The molecule has 0 aromatic heterocycles. The van der Waals surface area contributed by atoms with Gasteiger partial charge in [-0.3, -0.25) is 0 Å². The number of esters is 1. The molecule has 0 bridgehead atoms. The molecular formula is C9H14ClO5P. The van der Waals surface area contributed by atoms with Crippen molar-refractivity contribution in [3.05, 3.63) is 11.3 Å². The highest BCUT2D eigenvalue weighted by molar-refractivity contribution is 7.70. The van der Waals surface area contributed by atoms with Crippen molar-refractivity contribution in [3.63, 3.8) is 0 Å². The molecule has 0 N–H and O–H groups in total. The maximum absolute atomic E-state index is 12.2. The minimum absolute atomic E-state index is 0.00932. The largest absolute Gasteiger partial charge is 0.465 e. The summed E-state index contributed by atoms with van der Waals surface area (Å²) in [6.07, 6.45) is -0.0972. The van der Waals surface area contributed by atoms with Gasteiger partial charge < -0.3 is 18.8 Å². The second kappa shape index (κ2) is 5.60. The van der Waals surface area contributed by atoms with Crippen LogP contribution in [0, 0.1) is 0 Å². The van der Waals surface area contributed by atoms with Crippen LogP contribution < -0.4 is 0 Å². The molecule has 0 aromatic carbocycles. The summed E-state index contributed by atoms with van der Waals surface area (Å²) in [4.78, 5) is 11.6. The Labute approximate surface area is 99.1 Å². The number of hydrogen-bond acceptors (Lipinski definition) is 5. The van der Waals surface area contributed by atoms with Gasteiger partial charge in [0, 0.05) is 0 Å². The molecule has 0 fully saturated rings. The zero-order valence-electron chi connectivity index (χ0n) is 9.19. The Morgan fingerprint density at radius 3 is 2.69 bits per heavy atom. The van der Waals surface area contributed by atoms with Gasteiger partial charge in [-0.05, 0) is 13.8 Å². The van der Waals surface area contributed by atoms with E-state index in [9.17, 15) is 9.36 Å². The average Bonchev–Trinajstić information content (AvgIpc) is 2.58. The second-order valence-electron chi connectivity index (χ2n) is 3.07. The van der Waals surface area contributed by atoms with Crippen molar-refractivity contribution in [1.29, 1.82) is 0 Å². The van der Waals surface area contributed by atoms with Crippen LogP contribution in [0.25, 0.3) is 0 Å². The zero-order chi connectivity index (χ0) is 12.2. The maximum atomic E-state index is 12.2. The van der Waals surface area contributed by atoms with E-state index in [1.807, 2.05) is 0 Å². The summed E-state index contributed by atoms with van der Waals surface area (Å²) in [6, 6.07) is 0. The monoisotopic (exact) mass is 268 g/mol. The molecule has 16 heavy (non-hydrogen) atoms. The van der Waals surface area contributed by atoms with E-state index >= 15 is 0 Å². The summed E-state index contributed by atoms with van der Waals surface area (Å²) in [6.45, 7) is 3.92. The topological polar surface area (TPSA) is 61.8 Å². The van der Waals surface area contributed by atoms with Crippen LogP contribution in [-0.4, -0.2) is 31.2 Å². The average molecular weight is 269 g/mol. The van der Waals surface area contributed by atoms with Gasteiger partial charge in [-0.25, -0.2) is 4.79 Å². The SMILES string of the molecule is CCOC(=O)C1=C(OCC)OCP1(=O)CCl. The van der Waals surface area contributed by atoms with E-state index in [0.717, 1.165) is 0 Å². The fourth-order valence-electron chi connectivity index (χ4n) is 1.25. The molecule has 1 aliphatic rings. The summed E-state index contributed by atoms with van der Waals surface area (Å²) >= 11 is 5.61. The Morgan fingerprint density at radius 2 is 2.19 bits per heavy atom. The fourth-order valence-corrected chi connectivity index (χ4v) is 3.31. The molecule has 0 amide bonds. The highest BCUT2D eigenvalue weighted by Gasteiger charge is 2.44. The minimum atomic E-state index is -3.01. The molecule has 0 aromatic rings. The predicted octanol–water partition coefficient (Wildman–Crippen LogP) is 2.30. The number of alkyl halides is 1. The van der Waals surface area contributed by atoms with E-state index in [-0.39, 0.29) is 29.8 Å². The number of carbonyl (C=O) groups excluding carboxylic acids is 1. The molecule has 0 saturated carbocycles. The summed E-state index contributed by atoms with van der Waals surface area (Å²) in [5, 5.41) is -0.0359. The second-order valence-corrected chi connectivity index (χ2v) is 6.51. The van der Waals surface area contributed by atoms with E-state index in [1.165, 1.54) is 0 Å². The van der Waals surface area contributed by atoms with E-state index in [0.29, 0.717) is 6.61 Å². The van der Waals surface area contributed by atoms with Crippen molar-refractivity contribution in [2.45, 2.75) is 13.8 Å². The summed E-state index contributed by atoms with van der Waals surface area (Å²) in [5.41, 5.74) is -0.155. The lowest BCUT2D eigenvalue weighted by Gasteiger charge is -2.08. The minimum Gasteiger partial charge on any atom is -0.465 e. The van der Waals surface area contributed by atoms with Crippen LogP contribution >= 0.6 is 18.7 Å². The number of halogens is 1. The third-order valence-electron chi connectivity index (χ3n) is 1.94. The molecule has 1 unspecified atom stereocenters. The Hall–Kier alpha value is -0.670. The van der Waals surface area contributed by atoms with E-state index in [4.69, 9.17) is 25.8 Å². The van der Waals surface area contributed by atoms with Crippen LogP contribution in [0.3, 0.4) is 0 Å². The number of rotatable bonds is 5. The van der Waals surface area contributed by atoms with Gasteiger partial charge in [-0.2, -0.15) is 0 Å². The molecule has 0 spiro atoms. The molecule has 0 saturated heterocycles. The van der Waals surface area contributed by atoms with Crippen LogP contribution in [0.15, 0.2) is 11.3 Å². The maximum Gasteiger partial charge on any atom is 0.349 e. The normalized spacial score (nSPS) is 24.2. The Kier molecular flexibility index (Phi) is 4.69. The molecule has 0 aliphatic carbocycles. The van der Waals surface area contributed by atoms with Gasteiger partial charge in [0.25, 0.3) is 5.95 Å². The first-order valence-electron chi connectivity index (χ1n) is 4.90. The van der Waals surface area contributed by atoms with Crippen molar-refractivity contribution in [2.24, 2.45) is 0 Å². The van der Waals surface area contributed by atoms with Crippen LogP contribution in [0.1, 0.15) is 13.8 Å². The lowest BCUT2D eigenvalue weighted by Crippen LogP contribution is -2.09. The van der Waals surface area contributed by atoms with Crippen molar-refractivity contribution < 1.29 is 23.6 Å². The van der Waals surface area contributed by atoms with Crippen molar-refractivity contribution in [2.75, 3.05) is 25.2 Å². The van der Waals surface area contributed by atoms with Crippen LogP contribution in [0.5, 0.6) is 0 Å². The molecule has 1 rings (SSSR count). The molecule has 1 aliphatic heterocycles. The van der Waals surface area contributed by atoms with Crippen LogP contribution in [-0.2, 0) is 23.6 Å². The van der Waals surface area contributed by atoms with Crippen molar-refractivity contribution >= 4 is 24.7 Å². The predicted molar refractivity (Wildman–Crippen MR) is 59.6 cm³/mol. The number of ether oxygens (including phenoxy) is 3.